The van der Waals surface area contributed by atoms with Crippen LogP contribution in [0.25, 0.3) is 11.5 Å². The average molecular weight is 473 g/mol. The molecule has 3 aromatic rings. The van der Waals surface area contributed by atoms with Gasteiger partial charge in [0.25, 0.3) is 5.91 Å². The van der Waals surface area contributed by atoms with Crippen molar-refractivity contribution in [1.29, 1.82) is 0 Å². The van der Waals surface area contributed by atoms with Crippen molar-refractivity contribution < 1.29 is 13.9 Å². The van der Waals surface area contributed by atoms with Gasteiger partial charge in [-0.15, -0.1) is 0 Å². The molecule has 3 rings (SSSR count). The van der Waals surface area contributed by atoms with E-state index in [2.05, 4.69) is 31.2 Å². The number of aryl methyl sites for hydroxylation is 1. The molecular formula is C22H25BrN4O3. The molecule has 0 unspecified atom stereocenters. The number of pyridine rings is 1. The van der Waals surface area contributed by atoms with Crippen LogP contribution in [0.5, 0.6) is 0 Å². The van der Waals surface area contributed by atoms with E-state index in [1.165, 1.54) is 0 Å². The van der Waals surface area contributed by atoms with Crippen molar-refractivity contribution in [2.24, 2.45) is 0 Å². The van der Waals surface area contributed by atoms with Gasteiger partial charge in [-0.3, -0.25) is 4.79 Å². The molecule has 0 aliphatic carbocycles. The van der Waals surface area contributed by atoms with E-state index >= 15 is 0 Å². The van der Waals surface area contributed by atoms with Crippen LogP contribution in [-0.4, -0.2) is 43.2 Å². The number of benzene rings is 1. The first-order chi connectivity index (χ1) is 14.5. The number of rotatable bonds is 9. The molecule has 0 atom stereocenters. The van der Waals surface area contributed by atoms with Gasteiger partial charge in [-0.25, -0.2) is 9.97 Å². The number of amides is 1. The monoisotopic (exact) mass is 472 g/mol. The molecule has 2 heterocycles. The van der Waals surface area contributed by atoms with E-state index in [4.69, 9.17) is 9.15 Å². The third kappa shape index (κ3) is 5.25. The molecule has 7 nitrogen and oxygen atoms in total. The first kappa shape index (κ1) is 22.0. The molecule has 158 valence electrons. The predicted molar refractivity (Wildman–Crippen MR) is 121 cm³/mol. The number of anilines is 2. The molecule has 0 fully saturated rings. The van der Waals surface area contributed by atoms with Gasteiger partial charge in [0, 0.05) is 25.2 Å². The SMILES string of the molecule is CCCc1nc(-c2ccccc2Br)oc1C(=O)Nc1ccc(N(C)CCOC)nc1. The van der Waals surface area contributed by atoms with E-state index in [1.807, 2.05) is 55.3 Å². The number of halogens is 1. The zero-order valence-electron chi connectivity index (χ0n) is 17.3. The molecule has 30 heavy (non-hydrogen) atoms. The zero-order valence-corrected chi connectivity index (χ0v) is 18.9. The smallest absolute Gasteiger partial charge is 0.293 e. The molecule has 0 spiro atoms. The van der Waals surface area contributed by atoms with Crippen molar-refractivity contribution in [2.45, 2.75) is 19.8 Å². The maximum absolute atomic E-state index is 12.9. The van der Waals surface area contributed by atoms with E-state index in [0.717, 1.165) is 28.8 Å². The minimum Gasteiger partial charge on any atom is -0.431 e. The van der Waals surface area contributed by atoms with Crippen molar-refractivity contribution in [1.82, 2.24) is 9.97 Å². The van der Waals surface area contributed by atoms with E-state index in [1.54, 1.807) is 13.3 Å². The number of nitrogens with one attached hydrogen (secondary N) is 1. The van der Waals surface area contributed by atoms with E-state index in [-0.39, 0.29) is 11.7 Å². The van der Waals surface area contributed by atoms with E-state index in [9.17, 15) is 4.79 Å². The Balaban J connectivity index is 1.78. The summed E-state index contributed by atoms with van der Waals surface area (Å²) in [6.07, 6.45) is 3.13. The third-order valence-corrected chi connectivity index (χ3v) is 5.21. The number of likely N-dealkylation sites (N-methyl/N-ethyl adjacent to an activating group) is 1. The molecule has 0 radical (unpaired) electrons. The van der Waals surface area contributed by atoms with Gasteiger partial charge in [-0.1, -0.05) is 25.5 Å². The highest BCUT2D eigenvalue weighted by atomic mass is 79.9. The van der Waals surface area contributed by atoms with Gasteiger partial charge in [-0.2, -0.15) is 0 Å². The van der Waals surface area contributed by atoms with Gasteiger partial charge in [-0.05, 0) is 46.6 Å². The Morgan fingerprint density at radius 3 is 2.73 bits per heavy atom. The van der Waals surface area contributed by atoms with Crippen molar-refractivity contribution in [3.63, 3.8) is 0 Å². The molecular weight excluding hydrogens is 448 g/mol. The summed E-state index contributed by atoms with van der Waals surface area (Å²) in [5.74, 6) is 1.10. The summed E-state index contributed by atoms with van der Waals surface area (Å²) in [5.41, 5.74) is 2.04. The standard InChI is InChI=1S/C22H25BrN4O3/c1-4-7-18-20(30-22(26-18)16-8-5-6-9-17(16)23)21(28)25-15-10-11-19(24-14-15)27(2)12-13-29-3/h5-6,8-11,14H,4,7,12-13H2,1-3H3,(H,25,28). The van der Waals surface area contributed by atoms with Crippen molar-refractivity contribution >= 4 is 33.3 Å². The Labute approximate surface area is 184 Å². The number of hydrogen-bond donors (Lipinski definition) is 1. The maximum Gasteiger partial charge on any atom is 0.293 e. The summed E-state index contributed by atoms with van der Waals surface area (Å²) in [4.78, 5) is 23.8. The van der Waals surface area contributed by atoms with Gasteiger partial charge < -0.3 is 19.4 Å². The lowest BCUT2D eigenvalue weighted by Gasteiger charge is -2.17. The molecule has 0 saturated carbocycles. The highest BCUT2D eigenvalue weighted by Crippen LogP contribution is 2.29. The number of oxazole rings is 1. The van der Waals surface area contributed by atoms with E-state index < -0.39 is 0 Å². The Kier molecular flexibility index (Phi) is 7.59. The Hall–Kier alpha value is -2.71. The first-order valence-corrected chi connectivity index (χ1v) is 10.5. The number of aromatic nitrogens is 2. The minimum atomic E-state index is -0.341. The van der Waals surface area contributed by atoms with Gasteiger partial charge >= 0.3 is 0 Å². The van der Waals surface area contributed by atoms with Crippen LogP contribution in [0, 0.1) is 0 Å². The summed E-state index contributed by atoms with van der Waals surface area (Å²) < 4.78 is 11.8. The molecule has 0 aliphatic heterocycles. The lowest BCUT2D eigenvalue weighted by molar-refractivity contribution is 0.0996. The fraction of sp³-hybridized carbons (Fsp3) is 0.318. The molecule has 2 aromatic heterocycles. The first-order valence-electron chi connectivity index (χ1n) is 9.75. The van der Waals surface area contributed by atoms with Crippen molar-refractivity contribution in [3.05, 3.63) is 58.5 Å². The second-order valence-electron chi connectivity index (χ2n) is 6.80. The number of carbonyl (C=O) groups excluding carboxylic acids is 1. The summed E-state index contributed by atoms with van der Waals surface area (Å²) in [5, 5.41) is 2.86. The quantitative estimate of drug-likeness (QED) is 0.482. The molecule has 1 amide bonds. The fourth-order valence-corrected chi connectivity index (χ4v) is 3.36. The van der Waals surface area contributed by atoms with Crippen LogP contribution in [0.15, 0.2) is 51.5 Å². The summed E-state index contributed by atoms with van der Waals surface area (Å²) in [6.45, 7) is 3.38. The van der Waals surface area contributed by atoms with Crippen LogP contribution in [0.1, 0.15) is 29.6 Å². The number of hydrogen-bond acceptors (Lipinski definition) is 6. The Bertz CT molecular complexity index is 988. The molecule has 1 N–H and O–H groups in total. The zero-order chi connectivity index (χ0) is 21.5. The Morgan fingerprint density at radius 1 is 1.27 bits per heavy atom. The second-order valence-corrected chi connectivity index (χ2v) is 7.65. The highest BCUT2D eigenvalue weighted by molar-refractivity contribution is 9.10. The Morgan fingerprint density at radius 2 is 2.07 bits per heavy atom. The second kappa shape index (κ2) is 10.4. The van der Waals surface area contributed by atoms with Gasteiger partial charge in [0.05, 0.1) is 29.7 Å². The molecule has 8 heteroatoms. The predicted octanol–water partition coefficient (Wildman–Crippen LogP) is 4.79. The van der Waals surface area contributed by atoms with Gasteiger partial charge in [0.15, 0.2) is 0 Å². The number of nitrogens with zero attached hydrogens (tertiary/aromatic N) is 3. The van der Waals surface area contributed by atoms with Crippen molar-refractivity contribution in [2.75, 3.05) is 37.5 Å². The van der Waals surface area contributed by atoms with Crippen LogP contribution in [-0.2, 0) is 11.2 Å². The maximum atomic E-state index is 12.9. The van der Waals surface area contributed by atoms with Crippen LogP contribution >= 0.6 is 15.9 Å². The molecule has 0 bridgehead atoms. The van der Waals surface area contributed by atoms with Crippen molar-refractivity contribution in [3.8, 4) is 11.5 Å². The van der Waals surface area contributed by atoms with Gasteiger partial charge in [0.2, 0.25) is 11.7 Å². The summed E-state index contributed by atoms with van der Waals surface area (Å²) in [7, 11) is 3.60. The average Bonchev–Trinajstić information content (AvgIpc) is 3.17. The highest BCUT2D eigenvalue weighted by Gasteiger charge is 2.21. The summed E-state index contributed by atoms with van der Waals surface area (Å²) >= 11 is 3.51. The van der Waals surface area contributed by atoms with Crippen LogP contribution < -0.4 is 10.2 Å². The number of methoxy groups -OCH3 is 1. The topological polar surface area (TPSA) is 80.5 Å². The van der Waals surface area contributed by atoms with Crippen LogP contribution in [0.4, 0.5) is 11.5 Å². The molecule has 0 saturated heterocycles. The number of carbonyl (C=O) groups is 1. The summed E-state index contributed by atoms with van der Waals surface area (Å²) in [6, 6.07) is 11.3. The van der Waals surface area contributed by atoms with E-state index in [0.29, 0.717) is 30.3 Å². The number of ether oxygens (including phenoxy) is 1. The van der Waals surface area contributed by atoms with Crippen LogP contribution in [0.3, 0.4) is 0 Å². The molecule has 0 aliphatic rings. The largest absolute Gasteiger partial charge is 0.431 e. The lowest BCUT2D eigenvalue weighted by Crippen LogP contribution is -2.23. The van der Waals surface area contributed by atoms with Gasteiger partial charge in [0.1, 0.15) is 5.82 Å². The van der Waals surface area contributed by atoms with Crippen LogP contribution in [0.2, 0.25) is 0 Å². The fourth-order valence-electron chi connectivity index (χ4n) is 2.90. The minimum absolute atomic E-state index is 0.226. The lowest BCUT2D eigenvalue weighted by atomic mass is 10.2. The normalized spacial score (nSPS) is 10.8. The third-order valence-electron chi connectivity index (χ3n) is 4.52. The molecule has 1 aromatic carbocycles.